The van der Waals surface area contributed by atoms with Gasteiger partial charge in [0.1, 0.15) is 0 Å². The molecule has 3 heteroatoms. The zero-order chi connectivity index (χ0) is 13.3. The molecule has 2 unspecified atom stereocenters. The summed E-state index contributed by atoms with van der Waals surface area (Å²) >= 11 is 3.77. The van der Waals surface area contributed by atoms with Crippen molar-refractivity contribution in [3.8, 4) is 0 Å². The number of halogens is 1. The molecule has 0 spiro atoms. The summed E-state index contributed by atoms with van der Waals surface area (Å²) in [5, 5.41) is 0. The Labute approximate surface area is 117 Å². The Morgan fingerprint density at radius 3 is 2.83 bits per heavy atom. The smallest absolute Gasteiger partial charge is 0.231 e. The van der Waals surface area contributed by atoms with Gasteiger partial charge < -0.3 is 4.90 Å². The highest BCUT2D eigenvalue weighted by atomic mass is 79.9. The number of carbonyl (C=O) groups excluding carboxylic acids is 1. The normalized spacial score (nSPS) is 17.8. The fraction of sp³-hybridized carbons (Fsp3) is 0.533. The molecule has 98 valence electrons. The van der Waals surface area contributed by atoms with Crippen molar-refractivity contribution in [3.05, 3.63) is 29.3 Å². The third-order valence-corrected chi connectivity index (χ3v) is 4.75. The summed E-state index contributed by atoms with van der Waals surface area (Å²) in [4.78, 5) is 13.8. The summed E-state index contributed by atoms with van der Waals surface area (Å²) in [5.41, 5.74) is 3.51. The van der Waals surface area contributed by atoms with E-state index < -0.39 is 0 Å². The van der Waals surface area contributed by atoms with E-state index in [2.05, 4.69) is 48.0 Å². The Kier molecular flexibility index (Phi) is 4.10. The molecule has 0 saturated carbocycles. The van der Waals surface area contributed by atoms with Gasteiger partial charge in [0, 0.05) is 17.6 Å². The van der Waals surface area contributed by atoms with E-state index in [4.69, 9.17) is 0 Å². The lowest BCUT2D eigenvalue weighted by molar-refractivity contribution is -0.117. The maximum atomic E-state index is 11.7. The minimum Gasteiger partial charge on any atom is -0.315 e. The number of likely N-dealkylation sites (N-methyl/N-ethyl adjacent to an activating group) is 1. The third kappa shape index (κ3) is 2.61. The van der Waals surface area contributed by atoms with Crippen LogP contribution in [0, 0.1) is 5.92 Å². The van der Waals surface area contributed by atoms with E-state index in [-0.39, 0.29) is 5.91 Å². The number of rotatable bonds is 4. The molecule has 1 aromatic carbocycles. The Bertz CT molecular complexity index is 458. The van der Waals surface area contributed by atoms with Crippen LogP contribution in [0.2, 0.25) is 0 Å². The Hall–Kier alpha value is -0.830. The molecule has 0 bridgehead atoms. The van der Waals surface area contributed by atoms with Crippen molar-refractivity contribution in [1.82, 2.24) is 0 Å². The van der Waals surface area contributed by atoms with Gasteiger partial charge in [-0.2, -0.15) is 0 Å². The second kappa shape index (κ2) is 5.43. The van der Waals surface area contributed by atoms with E-state index in [1.807, 2.05) is 7.05 Å². The quantitative estimate of drug-likeness (QED) is 0.768. The number of carbonyl (C=O) groups is 1. The lowest BCUT2D eigenvalue weighted by Gasteiger charge is -2.16. The highest BCUT2D eigenvalue weighted by Gasteiger charge is 2.24. The van der Waals surface area contributed by atoms with E-state index in [0.29, 0.717) is 17.2 Å². The second-order valence-corrected chi connectivity index (χ2v) is 6.34. The number of hydrogen-bond donors (Lipinski definition) is 0. The molecule has 0 aliphatic carbocycles. The number of benzene rings is 1. The molecule has 1 aliphatic rings. The number of nitrogens with zero attached hydrogens (tertiary/aromatic N) is 1. The van der Waals surface area contributed by atoms with Crippen LogP contribution in [0.15, 0.2) is 18.2 Å². The van der Waals surface area contributed by atoms with Crippen LogP contribution in [0.5, 0.6) is 0 Å². The molecule has 0 saturated heterocycles. The first kappa shape index (κ1) is 13.6. The Balaban J connectivity index is 2.18. The van der Waals surface area contributed by atoms with Crippen LogP contribution >= 0.6 is 15.9 Å². The molecule has 0 N–H and O–H groups in total. The molecule has 1 amide bonds. The Morgan fingerprint density at radius 2 is 2.17 bits per heavy atom. The highest BCUT2D eigenvalue weighted by Crippen LogP contribution is 2.35. The topological polar surface area (TPSA) is 20.3 Å². The van der Waals surface area contributed by atoms with Crippen LogP contribution in [-0.2, 0) is 11.2 Å². The highest BCUT2D eigenvalue weighted by molar-refractivity contribution is 9.09. The van der Waals surface area contributed by atoms with Crippen molar-refractivity contribution in [2.75, 3.05) is 11.9 Å². The molecule has 1 heterocycles. The largest absolute Gasteiger partial charge is 0.315 e. The number of fused-ring (bicyclic) bond motifs is 1. The first-order chi connectivity index (χ1) is 8.52. The molecule has 18 heavy (non-hydrogen) atoms. The molecule has 1 aliphatic heterocycles. The van der Waals surface area contributed by atoms with Crippen molar-refractivity contribution in [1.29, 1.82) is 0 Å². The zero-order valence-corrected chi connectivity index (χ0v) is 12.8. The second-order valence-electron chi connectivity index (χ2n) is 5.23. The number of anilines is 1. The summed E-state index contributed by atoms with van der Waals surface area (Å²) < 4.78 is 0. The molecule has 0 radical (unpaired) electrons. The molecule has 0 aromatic heterocycles. The van der Waals surface area contributed by atoms with Gasteiger partial charge >= 0.3 is 0 Å². The van der Waals surface area contributed by atoms with E-state index in [1.54, 1.807) is 4.90 Å². The molecular weight excluding hydrogens is 290 g/mol. The zero-order valence-electron chi connectivity index (χ0n) is 11.2. The van der Waals surface area contributed by atoms with Crippen LogP contribution in [0.1, 0.15) is 42.6 Å². The van der Waals surface area contributed by atoms with Gasteiger partial charge in [-0.15, -0.1) is 0 Å². The van der Waals surface area contributed by atoms with Gasteiger partial charge in [0.05, 0.1) is 6.42 Å². The van der Waals surface area contributed by atoms with E-state index in [9.17, 15) is 4.79 Å². The monoisotopic (exact) mass is 309 g/mol. The van der Waals surface area contributed by atoms with Crippen LogP contribution in [0.3, 0.4) is 0 Å². The standard InChI is InChI=1S/C15H20BrNO/c1-4-10(2)7-13(16)11-5-6-14-12(8-11)9-15(18)17(14)3/h5-6,8,10,13H,4,7,9H2,1-3H3. The molecule has 2 rings (SSSR count). The summed E-state index contributed by atoms with van der Waals surface area (Å²) in [6.07, 6.45) is 2.88. The SMILES string of the molecule is CCC(C)CC(Br)c1ccc2c(c1)CC(=O)N2C. The van der Waals surface area contributed by atoms with Gasteiger partial charge in [0.15, 0.2) is 0 Å². The molecule has 1 aromatic rings. The average molecular weight is 310 g/mol. The first-order valence-electron chi connectivity index (χ1n) is 6.56. The van der Waals surface area contributed by atoms with Gasteiger partial charge in [0.2, 0.25) is 5.91 Å². The fourth-order valence-corrected chi connectivity index (χ4v) is 3.26. The maximum Gasteiger partial charge on any atom is 0.231 e. The predicted molar refractivity (Wildman–Crippen MR) is 79.3 cm³/mol. The Morgan fingerprint density at radius 1 is 1.44 bits per heavy atom. The van der Waals surface area contributed by atoms with E-state index >= 15 is 0 Å². The van der Waals surface area contributed by atoms with Gasteiger partial charge in [-0.1, -0.05) is 48.3 Å². The maximum absolute atomic E-state index is 11.7. The molecule has 0 fully saturated rings. The average Bonchev–Trinajstić information content (AvgIpc) is 2.64. The van der Waals surface area contributed by atoms with Gasteiger partial charge in [-0.3, -0.25) is 4.79 Å². The summed E-state index contributed by atoms with van der Waals surface area (Å²) in [7, 11) is 1.85. The van der Waals surface area contributed by atoms with Crippen LogP contribution in [0.4, 0.5) is 5.69 Å². The van der Waals surface area contributed by atoms with Crippen molar-refractivity contribution in [3.63, 3.8) is 0 Å². The summed E-state index contributed by atoms with van der Waals surface area (Å²) in [6.45, 7) is 4.50. The lowest BCUT2D eigenvalue weighted by atomic mass is 9.97. The van der Waals surface area contributed by atoms with Crippen LogP contribution < -0.4 is 4.90 Å². The van der Waals surface area contributed by atoms with Crippen LogP contribution in [-0.4, -0.2) is 13.0 Å². The van der Waals surface area contributed by atoms with Crippen molar-refractivity contribution in [2.24, 2.45) is 5.92 Å². The van der Waals surface area contributed by atoms with Gasteiger partial charge in [-0.05, 0) is 29.5 Å². The molecule has 2 atom stereocenters. The van der Waals surface area contributed by atoms with Crippen molar-refractivity contribution < 1.29 is 4.79 Å². The molecule has 2 nitrogen and oxygen atoms in total. The van der Waals surface area contributed by atoms with Crippen LogP contribution in [0.25, 0.3) is 0 Å². The van der Waals surface area contributed by atoms with Gasteiger partial charge in [-0.25, -0.2) is 0 Å². The molecular formula is C15H20BrNO. The summed E-state index contributed by atoms with van der Waals surface area (Å²) in [5.74, 6) is 0.905. The minimum absolute atomic E-state index is 0.190. The minimum atomic E-state index is 0.190. The number of hydrogen-bond acceptors (Lipinski definition) is 1. The summed E-state index contributed by atoms with van der Waals surface area (Å²) in [6, 6.07) is 6.38. The van der Waals surface area contributed by atoms with Gasteiger partial charge in [0.25, 0.3) is 0 Å². The lowest BCUT2D eigenvalue weighted by Crippen LogP contribution is -2.20. The first-order valence-corrected chi connectivity index (χ1v) is 7.48. The predicted octanol–water partition coefficient (Wildman–Crippen LogP) is 4.08. The third-order valence-electron chi connectivity index (χ3n) is 3.85. The fourth-order valence-electron chi connectivity index (χ4n) is 2.34. The van der Waals surface area contributed by atoms with Crippen molar-refractivity contribution in [2.45, 2.75) is 37.9 Å². The number of alkyl halides is 1. The van der Waals surface area contributed by atoms with E-state index in [1.165, 1.54) is 12.0 Å². The van der Waals surface area contributed by atoms with E-state index in [0.717, 1.165) is 17.7 Å². The number of amides is 1. The van der Waals surface area contributed by atoms with Crippen molar-refractivity contribution >= 4 is 27.5 Å².